The highest BCUT2D eigenvalue weighted by molar-refractivity contribution is 5.24. The predicted molar refractivity (Wildman–Crippen MR) is 87.5 cm³/mol. The molecule has 1 saturated carbocycles. The second-order valence-corrected chi connectivity index (χ2v) is 7.01. The summed E-state index contributed by atoms with van der Waals surface area (Å²) in [6.45, 7) is 6.62. The van der Waals surface area contributed by atoms with Gasteiger partial charge in [-0.3, -0.25) is 4.68 Å². The molecule has 0 unspecified atom stereocenters. The number of hydrogen-bond donors (Lipinski definition) is 1. The van der Waals surface area contributed by atoms with Crippen LogP contribution in [0.4, 0.5) is 0 Å². The van der Waals surface area contributed by atoms with Crippen LogP contribution < -0.4 is 5.32 Å². The first-order valence-electron chi connectivity index (χ1n) is 8.78. The first-order valence-corrected chi connectivity index (χ1v) is 8.78. The third-order valence-electron chi connectivity index (χ3n) is 5.22. The maximum atomic E-state index is 5.87. The van der Waals surface area contributed by atoms with Crippen molar-refractivity contribution in [3.8, 4) is 0 Å². The number of aryl methyl sites for hydroxylation is 2. The van der Waals surface area contributed by atoms with Crippen molar-refractivity contribution < 1.29 is 9.26 Å². The summed E-state index contributed by atoms with van der Waals surface area (Å²) in [6, 6.07) is 0. The van der Waals surface area contributed by atoms with E-state index in [1.165, 1.54) is 24.1 Å². The lowest BCUT2D eigenvalue weighted by Gasteiger charge is -2.15. The van der Waals surface area contributed by atoms with E-state index in [1.54, 1.807) is 0 Å². The Morgan fingerprint density at radius 1 is 1.25 bits per heavy atom. The average molecular weight is 331 g/mol. The lowest BCUT2D eigenvalue weighted by molar-refractivity contribution is 0.0623. The number of nitrogens with one attached hydrogen (secondary N) is 1. The molecular formula is C17H25N5O2. The summed E-state index contributed by atoms with van der Waals surface area (Å²) in [6.07, 6.45) is 3.30. The molecule has 1 aliphatic heterocycles. The number of rotatable bonds is 6. The molecule has 0 amide bonds. The fourth-order valence-corrected chi connectivity index (χ4v) is 3.44. The molecule has 2 aromatic rings. The Balaban J connectivity index is 1.36. The minimum absolute atomic E-state index is 0.0754. The van der Waals surface area contributed by atoms with Crippen LogP contribution in [-0.2, 0) is 18.3 Å². The Kier molecular flexibility index (Phi) is 4.14. The molecule has 130 valence electrons. The molecule has 24 heavy (non-hydrogen) atoms. The minimum Gasteiger partial charge on any atom is -0.368 e. The van der Waals surface area contributed by atoms with Crippen molar-refractivity contribution in [2.45, 2.75) is 51.7 Å². The summed E-state index contributed by atoms with van der Waals surface area (Å²) < 4.78 is 13.3. The van der Waals surface area contributed by atoms with Crippen LogP contribution in [0.3, 0.4) is 0 Å². The fourth-order valence-electron chi connectivity index (χ4n) is 3.44. The number of ether oxygens (including phenoxy) is 1. The van der Waals surface area contributed by atoms with Gasteiger partial charge in [-0.25, -0.2) is 0 Å². The second-order valence-electron chi connectivity index (χ2n) is 7.01. The predicted octanol–water partition coefficient (Wildman–Crippen LogP) is 2.16. The van der Waals surface area contributed by atoms with Gasteiger partial charge in [0, 0.05) is 49.8 Å². The summed E-state index contributed by atoms with van der Waals surface area (Å²) in [5.74, 6) is 2.38. The van der Waals surface area contributed by atoms with Crippen molar-refractivity contribution in [1.82, 2.24) is 25.2 Å². The summed E-state index contributed by atoms with van der Waals surface area (Å²) in [5.41, 5.74) is 3.58. The quantitative estimate of drug-likeness (QED) is 0.874. The van der Waals surface area contributed by atoms with Crippen LogP contribution in [0.1, 0.15) is 60.0 Å². The first-order chi connectivity index (χ1) is 11.6. The molecule has 7 heteroatoms. The monoisotopic (exact) mass is 331 g/mol. The molecule has 7 nitrogen and oxygen atoms in total. The molecule has 2 aromatic heterocycles. The maximum Gasteiger partial charge on any atom is 0.256 e. The van der Waals surface area contributed by atoms with Gasteiger partial charge in [0.2, 0.25) is 0 Å². The zero-order valence-electron chi connectivity index (χ0n) is 14.6. The van der Waals surface area contributed by atoms with Crippen LogP contribution in [-0.4, -0.2) is 33.1 Å². The molecule has 0 aromatic carbocycles. The third-order valence-corrected chi connectivity index (χ3v) is 5.22. The molecule has 1 saturated heterocycles. The highest BCUT2D eigenvalue weighted by Gasteiger charge is 2.36. The van der Waals surface area contributed by atoms with Gasteiger partial charge < -0.3 is 14.6 Å². The maximum absolute atomic E-state index is 5.87. The van der Waals surface area contributed by atoms with Crippen molar-refractivity contribution in [3.63, 3.8) is 0 Å². The standard InChI is InChI=1S/C17H25N5O2/c1-10-14(11(2)22(3)20-10)9-18-8-13-6-7-23-15(13)17-19-16(21-24-17)12-4-5-12/h12-13,15,18H,4-9H2,1-3H3/t13-,15-/m0/s1. The van der Waals surface area contributed by atoms with Gasteiger partial charge in [0.25, 0.3) is 5.89 Å². The molecular weight excluding hydrogens is 306 g/mol. The van der Waals surface area contributed by atoms with E-state index in [1.807, 2.05) is 11.7 Å². The van der Waals surface area contributed by atoms with Crippen molar-refractivity contribution in [2.24, 2.45) is 13.0 Å². The Morgan fingerprint density at radius 3 is 2.79 bits per heavy atom. The summed E-state index contributed by atoms with van der Waals surface area (Å²) in [7, 11) is 1.99. The zero-order valence-corrected chi connectivity index (χ0v) is 14.6. The topological polar surface area (TPSA) is 78.0 Å². The van der Waals surface area contributed by atoms with Crippen LogP contribution in [0.15, 0.2) is 4.52 Å². The van der Waals surface area contributed by atoms with E-state index in [9.17, 15) is 0 Å². The van der Waals surface area contributed by atoms with Crippen LogP contribution in [0.2, 0.25) is 0 Å². The van der Waals surface area contributed by atoms with E-state index in [4.69, 9.17) is 9.26 Å². The highest BCUT2D eigenvalue weighted by Crippen LogP contribution is 2.40. The molecule has 0 bridgehead atoms. The number of hydrogen-bond acceptors (Lipinski definition) is 6. The average Bonchev–Trinajstić information content (AvgIpc) is 3.02. The molecule has 2 atom stereocenters. The van der Waals surface area contributed by atoms with E-state index in [-0.39, 0.29) is 6.10 Å². The highest BCUT2D eigenvalue weighted by atomic mass is 16.5. The SMILES string of the molecule is Cc1nn(C)c(C)c1CNC[C@@H]1CCO[C@@H]1c1nc(C2CC2)no1. The van der Waals surface area contributed by atoms with E-state index < -0.39 is 0 Å². The first kappa shape index (κ1) is 15.8. The van der Waals surface area contributed by atoms with Gasteiger partial charge in [-0.2, -0.15) is 10.1 Å². The normalized spacial score (nSPS) is 24.0. The summed E-state index contributed by atoms with van der Waals surface area (Å²) >= 11 is 0. The Hall–Kier alpha value is -1.73. The van der Waals surface area contributed by atoms with Crippen molar-refractivity contribution in [2.75, 3.05) is 13.2 Å². The van der Waals surface area contributed by atoms with Gasteiger partial charge >= 0.3 is 0 Å². The van der Waals surface area contributed by atoms with Gasteiger partial charge in [-0.1, -0.05) is 5.16 Å². The van der Waals surface area contributed by atoms with Gasteiger partial charge in [-0.05, 0) is 33.1 Å². The van der Waals surface area contributed by atoms with Crippen LogP contribution in [0.5, 0.6) is 0 Å². The van der Waals surface area contributed by atoms with Crippen LogP contribution >= 0.6 is 0 Å². The second kappa shape index (κ2) is 6.29. The van der Waals surface area contributed by atoms with Gasteiger partial charge in [-0.15, -0.1) is 0 Å². The third kappa shape index (κ3) is 2.98. The smallest absolute Gasteiger partial charge is 0.256 e. The molecule has 4 rings (SSSR count). The lowest BCUT2D eigenvalue weighted by Crippen LogP contribution is -2.25. The van der Waals surface area contributed by atoms with Crippen LogP contribution in [0.25, 0.3) is 0 Å². The van der Waals surface area contributed by atoms with Gasteiger partial charge in [0.05, 0.1) is 5.69 Å². The fraction of sp³-hybridized carbons (Fsp3) is 0.706. The molecule has 3 heterocycles. The Morgan fingerprint density at radius 2 is 2.08 bits per heavy atom. The molecule has 1 aliphatic carbocycles. The molecule has 1 N–H and O–H groups in total. The van der Waals surface area contributed by atoms with Crippen LogP contribution in [0, 0.1) is 19.8 Å². The molecule has 2 aliphatic rings. The Bertz CT molecular complexity index is 719. The van der Waals surface area contributed by atoms with Crippen molar-refractivity contribution >= 4 is 0 Å². The van der Waals surface area contributed by atoms with E-state index in [2.05, 4.69) is 34.4 Å². The van der Waals surface area contributed by atoms with Gasteiger partial charge in [0.15, 0.2) is 5.82 Å². The molecule has 2 fully saturated rings. The summed E-state index contributed by atoms with van der Waals surface area (Å²) in [5, 5.41) is 12.1. The van der Waals surface area contributed by atoms with Crippen molar-refractivity contribution in [1.29, 1.82) is 0 Å². The van der Waals surface area contributed by atoms with Gasteiger partial charge in [0.1, 0.15) is 6.10 Å². The summed E-state index contributed by atoms with van der Waals surface area (Å²) in [4.78, 5) is 4.56. The molecule has 0 radical (unpaired) electrons. The van der Waals surface area contributed by atoms with E-state index in [0.29, 0.717) is 17.7 Å². The van der Waals surface area contributed by atoms with Crippen molar-refractivity contribution in [3.05, 3.63) is 28.7 Å². The largest absolute Gasteiger partial charge is 0.368 e. The lowest BCUT2D eigenvalue weighted by atomic mass is 10.0. The zero-order chi connectivity index (χ0) is 16.7. The van der Waals surface area contributed by atoms with E-state index >= 15 is 0 Å². The number of aromatic nitrogens is 4. The Labute approximate surface area is 141 Å². The van der Waals surface area contributed by atoms with E-state index in [0.717, 1.165) is 37.6 Å². The number of nitrogens with zero attached hydrogens (tertiary/aromatic N) is 4. The minimum atomic E-state index is -0.0754. The molecule has 0 spiro atoms.